The number of ketones is 1. The van der Waals surface area contributed by atoms with E-state index in [9.17, 15) is 14.0 Å². The maximum Gasteiger partial charge on any atom is 0.264 e. The Kier molecular flexibility index (Phi) is 2.55. The van der Waals surface area contributed by atoms with Crippen molar-refractivity contribution in [2.24, 2.45) is 5.92 Å². The lowest BCUT2D eigenvalue weighted by Crippen LogP contribution is -2.38. The van der Waals surface area contributed by atoms with Crippen LogP contribution in [-0.2, 0) is 4.79 Å². The normalized spacial score (nSPS) is 30.9. The predicted molar refractivity (Wildman–Crippen MR) is 66.5 cm³/mol. The van der Waals surface area contributed by atoms with Gasteiger partial charge in [0.15, 0.2) is 11.5 Å². The fourth-order valence-corrected chi connectivity index (χ4v) is 3.73. The summed E-state index contributed by atoms with van der Waals surface area (Å²) < 4.78 is 14.5. The van der Waals surface area contributed by atoms with Crippen LogP contribution in [0.4, 0.5) is 4.39 Å². The molecule has 0 radical (unpaired) electrons. The third kappa shape index (κ3) is 1.61. The van der Waals surface area contributed by atoms with Gasteiger partial charge in [-0.1, -0.05) is 0 Å². The van der Waals surface area contributed by atoms with Crippen molar-refractivity contribution in [1.29, 1.82) is 0 Å². The minimum atomic E-state index is -1.78. The van der Waals surface area contributed by atoms with E-state index in [1.807, 2.05) is 13.0 Å². The van der Waals surface area contributed by atoms with Gasteiger partial charge in [-0.3, -0.25) is 9.59 Å². The minimum absolute atomic E-state index is 0.0632. The maximum atomic E-state index is 14.5. The van der Waals surface area contributed by atoms with Gasteiger partial charge in [0, 0.05) is 23.8 Å². The number of amides is 1. The van der Waals surface area contributed by atoms with Gasteiger partial charge >= 0.3 is 0 Å². The number of hydrogen-bond acceptors (Lipinski definition) is 3. The summed E-state index contributed by atoms with van der Waals surface area (Å²) >= 11 is 1.41. The summed E-state index contributed by atoms with van der Waals surface area (Å²) in [5, 5.41) is 0. The molecular weight excluding hydrogens is 253 g/mol. The number of aryl methyl sites for hydroxylation is 1. The number of thiophene rings is 1. The highest BCUT2D eigenvalue weighted by Gasteiger charge is 2.57. The number of hydrogen-bond donors (Lipinski definition) is 0. The SMILES string of the molecule is Cc1ccc(C(=O)N2CC3CCC(=O)C3(F)C2)s1. The molecule has 18 heavy (non-hydrogen) atoms. The van der Waals surface area contributed by atoms with Crippen LogP contribution in [0.15, 0.2) is 12.1 Å². The molecule has 1 aromatic heterocycles. The van der Waals surface area contributed by atoms with Crippen LogP contribution in [0.1, 0.15) is 27.4 Å². The van der Waals surface area contributed by atoms with Crippen molar-refractivity contribution >= 4 is 23.0 Å². The van der Waals surface area contributed by atoms with E-state index in [4.69, 9.17) is 0 Å². The zero-order valence-corrected chi connectivity index (χ0v) is 10.9. The van der Waals surface area contributed by atoms with Crippen molar-refractivity contribution in [3.63, 3.8) is 0 Å². The van der Waals surface area contributed by atoms with Gasteiger partial charge in [0.25, 0.3) is 5.91 Å². The van der Waals surface area contributed by atoms with E-state index < -0.39 is 5.67 Å². The number of likely N-dealkylation sites (tertiary alicyclic amines) is 1. The highest BCUT2D eigenvalue weighted by atomic mass is 32.1. The number of Topliss-reactive ketones (excluding diaryl/α,β-unsaturated/α-hetero) is 1. The Balaban J connectivity index is 1.81. The molecule has 1 saturated heterocycles. The van der Waals surface area contributed by atoms with E-state index >= 15 is 0 Å². The number of alkyl halides is 1. The lowest BCUT2D eigenvalue weighted by molar-refractivity contribution is -0.127. The molecule has 2 unspecified atom stereocenters. The van der Waals surface area contributed by atoms with Crippen LogP contribution in [-0.4, -0.2) is 35.3 Å². The zero-order valence-electron chi connectivity index (χ0n) is 10.1. The van der Waals surface area contributed by atoms with Crippen molar-refractivity contribution in [2.75, 3.05) is 13.1 Å². The molecule has 1 aromatic rings. The second-order valence-electron chi connectivity index (χ2n) is 5.12. The van der Waals surface area contributed by atoms with Crippen molar-refractivity contribution in [3.8, 4) is 0 Å². The third-order valence-electron chi connectivity index (χ3n) is 3.93. The maximum absolute atomic E-state index is 14.5. The first-order valence-corrected chi connectivity index (χ1v) is 6.90. The van der Waals surface area contributed by atoms with Crippen molar-refractivity contribution in [1.82, 2.24) is 4.90 Å². The topological polar surface area (TPSA) is 37.4 Å². The molecule has 2 fully saturated rings. The minimum Gasteiger partial charge on any atom is -0.334 e. The van der Waals surface area contributed by atoms with Crippen LogP contribution in [0.5, 0.6) is 0 Å². The van der Waals surface area contributed by atoms with E-state index in [1.165, 1.54) is 16.2 Å². The van der Waals surface area contributed by atoms with E-state index in [1.54, 1.807) is 6.07 Å². The smallest absolute Gasteiger partial charge is 0.264 e. The average Bonchev–Trinajstić information content (AvgIpc) is 2.96. The Bertz CT molecular complexity index is 527. The number of carbonyl (C=O) groups excluding carboxylic acids is 2. The van der Waals surface area contributed by atoms with Crippen LogP contribution in [0.2, 0.25) is 0 Å². The molecule has 2 heterocycles. The number of fused-ring (bicyclic) bond motifs is 1. The van der Waals surface area contributed by atoms with Gasteiger partial charge in [0.1, 0.15) is 0 Å². The van der Waals surface area contributed by atoms with Gasteiger partial charge in [0.05, 0.1) is 11.4 Å². The highest BCUT2D eigenvalue weighted by molar-refractivity contribution is 7.13. The first kappa shape index (κ1) is 11.8. The Morgan fingerprint density at radius 1 is 1.56 bits per heavy atom. The Labute approximate surface area is 109 Å². The van der Waals surface area contributed by atoms with Gasteiger partial charge in [-0.2, -0.15) is 0 Å². The summed E-state index contributed by atoms with van der Waals surface area (Å²) in [7, 11) is 0. The Morgan fingerprint density at radius 3 is 2.94 bits per heavy atom. The number of rotatable bonds is 1. The molecule has 0 N–H and O–H groups in total. The summed E-state index contributed by atoms with van der Waals surface area (Å²) in [6.07, 6.45) is 0.893. The molecular formula is C13H14FNO2S. The first-order chi connectivity index (χ1) is 8.50. The van der Waals surface area contributed by atoms with E-state index in [0.29, 0.717) is 24.3 Å². The van der Waals surface area contributed by atoms with Gasteiger partial charge < -0.3 is 4.90 Å². The van der Waals surface area contributed by atoms with Crippen molar-refractivity contribution < 1.29 is 14.0 Å². The molecule has 1 amide bonds. The lowest BCUT2D eigenvalue weighted by Gasteiger charge is -2.17. The standard InChI is InChI=1S/C13H14FNO2S/c1-8-2-4-10(18-8)12(17)15-6-9-3-5-11(16)13(9,14)7-15/h2,4,9H,3,5-7H2,1H3. The van der Waals surface area contributed by atoms with E-state index in [0.717, 1.165) is 4.88 Å². The van der Waals surface area contributed by atoms with Crippen LogP contribution in [0.3, 0.4) is 0 Å². The third-order valence-corrected chi connectivity index (χ3v) is 4.92. The molecule has 0 aromatic carbocycles. The van der Waals surface area contributed by atoms with E-state index in [2.05, 4.69) is 0 Å². The quantitative estimate of drug-likeness (QED) is 0.782. The van der Waals surface area contributed by atoms with Crippen LogP contribution in [0.25, 0.3) is 0 Å². The molecule has 2 aliphatic rings. The number of nitrogens with zero attached hydrogens (tertiary/aromatic N) is 1. The summed E-state index contributed by atoms with van der Waals surface area (Å²) in [4.78, 5) is 27.0. The van der Waals surface area contributed by atoms with Gasteiger partial charge in [-0.25, -0.2) is 4.39 Å². The van der Waals surface area contributed by atoms with Gasteiger partial charge in [-0.15, -0.1) is 11.3 Å². The molecule has 1 aliphatic carbocycles. The largest absolute Gasteiger partial charge is 0.334 e. The Morgan fingerprint density at radius 2 is 2.33 bits per heavy atom. The fourth-order valence-electron chi connectivity index (χ4n) is 2.89. The molecule has 2 atom stereocenters. The zero-order chi connectivity index (χ0) is 12.9. The molecule has 0 bridgehead atoms. The average molecular weight is 267 g/mol. The van der Waals surface area contributed by atoms with Crippen molar-refractivity contribution in [3.05, 3.63) is 21.9 Å². The number of carbonyl (C=O) groups is 2. The fraction of sp³-hybridized carbons (Fsp3) is 0.538. The summed E-state index contributed by atoms with van der Waals surface area (Å²) in [5.74, 6) is -0.771. The van der Waals surface area contributed by atoms with Crippen LogP contribution in [0, 0.1) is 12.8 Å². The van der Waals surface area contributed by atoms with E-state index in [-0.39, 0.29) is 24.2 Å². The molecule has 1 aliphatic heterocycles. The molecule has 3 rings (SSSR count). The highest BCUT2D eigenvalue weighted by Crippen LogP contribution is 2.42. The molecule has 96 valence electrons. The first-order valence-electron chi connectivity index (χ1n) is 6.08. The molecule has 1 saturated carbocycles. The predicted octanol–water partition coefficient (Wildman–Crippen LogP) is 2.20. The summed E-state index contributed by atoms with van der Waals surface area (Å²) in [6, 6.07) is 3.65. The molecule has 5 heteroatoms. The number of halogens is 1. The Hall–Kier alpha value is -1.23. The molecule has 0 spiro atoms. The van der Waals surface area contributed by atoms with Gasteiger partial charge in [-0.05, 0) is 25.5 Å². The van der Waals surface area contributed by atoms with Crippen LogP contribution < -0.4 is 0 Å². The van der Waals surface area contributed by atoms with Gasteiger partial charge in [0.2, 0.25) is 0 Å². The summed E-state index contributed by atoms with van der Waals surface area (Å²) in [5.41, 5.74) is -1.78. The molecule has 3 nitrogen and oxygen atoms in total. The second kappa shape index (κ2) is 3.88. The lowest BCUT2D eigenvalue weighted by atomic mass is 9.96. The van der Waals surface area contributed by atoms with Crippen molar-refractivity contribution in [2.45, 2.75) is 25.4 Å². The second-order valence-corrected chi connectivity index (χ2v) is 6.41. The summed E-state index contributed by atoms with van der Waals surface area (Å²) in [6.45, 7) is 2.24. The van der Waals surface area contributed by atoms with Crippen LogP contribution >= 0.6 is 11.3 Å². The monoisotopic (exact) mass is 267 g/mol.